The van der Waals surface area contributed by atoms with Gasteiger partial charge in [0.2, 0.25) is 0 Å². The zero-order chi connectivity index (χ0) is 13.9. The second-order valence-electron chi connectivity index (χ2n) is 5.58. The number of phenols is 1. The summed E-state index contributed by atoms with van der Waals surface area (Å²) >= 11 is 0. The Morgan fingerprint density at radius 3 is 3.10 bits per heavy atom. The van der Waals surface area contributed by atoms with E-state index in [-0.39, 0.29) is 17.9 Å². The SMILES string of the molecule is O=C1OC(C2CCCNC2)CN1Cc1cccc(O)c1. The molecule has 20 heavy (non-hydrogen) atoms. The number of rotatable bonds is 3. The Kier molecular flexibility index (Phi) is 3.78. The number of phenolic OH excluding ortho intramolecular Hbond substituents is 1. The molecule has 5 heteroatoms. The fourth-order valence-corrected chi connectivity index (χ4v) is 2.98. The van der Waals surface area contributed by atoms with Crippen LogP contribution in [0.1, 0.15) is 18.4 Å². The molecule has 2 aliphatic rings. The highest BCUT2D eigenvalue weighted by molar-refractivity contribution is 5.70. The number of nitrogens with one attached hydrogen (secondary N) is 1. The molecule has 2 unspecified atom stereocenters. The molecule has 5 nitrogen and oxygen atoms in total. The van der Waals surface area contributed by atoms with Gasteiger partial charge < -0.3 is 20.1 Å². The minimum absolute atomic E-state index is 0.00684. The number of hydrogen-bond acceptors (Lipinski definition) is 4. The Labute approximate surface area is 118 Å². The molecular formula is C15H20N2O3. The molecule has 3 rings (SSSR count). The minimum Gasteiger partial charge on any atom is -0.508 e. The number of cyclic esters (lactones) is 1. The highest BCUT2D eigenvalue weighted by Gasteiger charge is 2.36. The first-order valence-corrected chi connectivity index (χ1v) is 7.16. The molecule has 1 aromatic rings. The summed E-state index contributed by atoms with van der Waals surface area (Å²) in [6.45, 7) is 3.12. The average Bonchev–Trinajstić information content (AvgIpc) is 2.81. The topological polar surface area (TPSA) is 61.8 Å². The summed E-state index contributed by atoms with van der Waals surface area (Å²) in [4.78, 5) is 13.7. The third kappa shape index (κ3) is 2.88. The molecule has 1 aromatic carbocycles. The van der Waals surface area contributed by atoms with E-state index in [0.29, 0.717) is 19.0 Å². The van der Waals surface area contributed by atoms with E-state index in [1.807, 2.05) is 6.07 Å². The third-order valence-corrected chi connectivity index (χ3v) is 4.06. The molecule has 0 radical (unpaired) electrons. The van der Waals surface area contributed by atoms with E-state index in [4.69, 9.17) is 4.74 Å². The number of carbonyl (C=O) groups excluding carboxylic acids is 1. The van der Waals surface area contributed by atoms with Crippen LogP contribution in [0.4, 0.5) is 4.79 Å². The molecule has 2 aliphatic heterocycles. The van der Waals surface area contributed by atoms with Crippen LogP contribution in [0.2, 0.25) is 0 Å². The standard InChI is InChI=1S/C15H20N2O3/c18-13-5-1-3-11(7-13)9-17-10-14(20-15(17)19)12-4-2-6-16-8-12/h1,3,5,7,12,14,16,18H,2,4,6,8-10H2. The maximum atomic E-state index is 11.9. The van der Waals surface area contributed by atoms with E-state index < -0.39 is 0 Å². The van der Waals surface area contributed by atoms with Gasteiger partial charge in [-0.15, -0.1) is 0 Å². The van der Waals surface area contributed by atoms with Gasteiger partial charge in [-0.2, -0.15) is 0 Å². The van der Waals surface area contributed by atoms with E-state index >= 15 is 0 Å². The van der Waals surface area contributed by atoms with Crippen LogP contribution in [0, 0.1) is 5.92 Å². The molecule has 0 saturated carbocycles. The quantitative estimate of drug-likeness (QED) is 0.882. The van der Waals surface area contributed by atoms with Crippen molar-refractivity contribution in [1.82, 2.24) is 10.2 Å². The molecule has 1 amide bonds. The number of hydrogen-bond donors (Lipinski definition) is 2. The molecule has 2 heterocycles. The van der Waals surface area contributed by atoms with Crippen molar-refractivity contribution in [2.24, 2.45) is 5.92 Å². The van der Waals surface area contributed by atoms with Crippen molar-refractivity contribution in [2.75, 3.05) is 19.6 Å². The lowest BCUT2D eigenvalue weighted by Gasteiger charge is -2.26. The lowest BCUT2D eigenvalue weighted by molar-refractivity contribution is 0.0926. The Bertz CT molecular complexity index is 486. The van der Waals surface area contributed by atoms with Crippen LogP contribution < -0.4 is 5.32 Å². The number of nitrogens with zero attached hydrogens (tertiary/aromatic N) is 1. The van der Waals surface area contributed by atoms with Gasteiger partial charge >= 0.3 is 6.09 Å². The van der Waals surface area contributed by atoms with E-state index in [1.54, 1.807) is 23.1 Å². The van der Waals surface area contributed by atoms with Gasteiger partial charge in [0.25, 0.3) is 0 Å². The second kappa shape index (κ2) is 5.71. The molecule has 2 fully saturated rings. The van der Waals surface area contributed by atoms with E-state index in [0.717, 1.165) is 31.5 Å². The van der Waals surface area contributed by atoms with Crippen molar-refractivity contribution in [1.29, 1.82) is 0 Å². The Balaban J connectivity index is 1.62. The van der Waals surface area contributed by atoms with Gasteiger partial charge in [0.05, 0.1) is 6.54 Å². The van der Waals surface area contributed by atoms with Gasteiger partial charge in [0, 0.05) is 19.0 Å². The molecule has 2 saturated heterocycles. The third-order valence-electron chi connectivity index (χ3n) is 4.06. The predicted octanol–water partition coefficient (Wildman–Crippen LogP) is 1.71. The van der Waals surface area contributed by atoms with Crippen LogP contribution in [0.3, 0.4) is 0 Å². The summed E-state index contributed by atoms with van der Waals surface area (Å²) in [5.41, 5.74) is 0.921. The maximum Gasteiger partial charge on any atom is 0.410 e. The van der Waals surface area contributed by atoms with Crippen molar-refractivity contribution in [2.45, 2.75) is 25.5 Å². The fourth-order valence-electron chi connectivity index (χ4n) is 2.98. The monoisotopic (exact) mass is 276 g/mol. The van der Waals surface area contributed by atoms with Crippen molar-refractivity contribution in [3.8, 4) is 5.75 Å². The molecule has 2 atom stereocenters. The largest absolute Gasteiger partial charge is 0.508 e. The smallest absolute Gasteiger partial charge is 0.410 e. The van der Waals surface area contributed by atoms with Crippen molar-refractivity contribution in [3.05, 3.63) is 29.8 Å². The zero-order valence-electron chi connectivity index (χ0n) is 11.4. The van der Waals surface area contributed by atoms with Crippen LogP contribution in [0.5, 0.6) is 5.75 Å². The maximum absolute atomic E-state index is 11.9. The normalized spacial score (nSPS) is 26.6. The number of amides is 1. The van der Waals surface area contributed by atoms with Crippen LogP contribution in [-0.4, -0.2) is 41.8 Å². The molecule has 0 aromatic heterocycles. The number of aromatic hydroxyl groups is 1. The molecular weight excluding hydrogens is 256 g/mol. The molecule has 2 N–H and O–H groups in total. The van der Waals surface area contributed by atoms with E-state index in [1.165, 1.54) is 0 Å². The summed E-state index contributed by atoms with van der Waals surface area (Å²) in [6, 6.07) is 7.00. The molecule has 0 spiro atoms. The minimum atomic E-state index is -0.246. The number of carbonyl (C=O) groups is 1. The highest BCUT2D eigenvalue weighted by atomic mass is 16.6. The van der Waals surface area contributed by atoms with Crippen molar-refractivity contribution in [3.63, 3.8) is 0 Å². The number of benzene rings is 1. The van der Waals surface area contributed by atoms with Gasteiger partial charge in [-0.05, 0) is 37.1 Å². The van der Waals surface area contributed by atoms with Crippen LogP contribution in [0.15, 0.2) is 24.3 Å². The lowest BCUT2D eigenvalue weighted by atomic mass is 9.94. The summed E-state index contributed by atoms with van der Waals surface area (Å²) < 4.78 is 5.50. The zero-order valence-corrected chi connectivity index (χ0v) is 11.4. The molecule has 0 bridgehead atoms. The van der Waals surface area contributed by atoms with Crippen molar-refractivity contribution >= 4 is 6.09 Å². The summed E-state index contributed by atoms with van der Waals surface area (Å²) in [5, 5.41) is 12.8. The van der Waals surface area contributed by atoms with Crippen LogP contribution in [-0.2, 0) is 11.3 Å². The second-order valence-corrected chi connectivity index (χ2v) is 5.58. The highest BCUT2D eigenvalue weighted by Crippen LogP contribution is 2.25. The number of ether oxygens (including phenoxy) is 1. The molecule has 0 aliphatic carbocycles. The molecule has 108 valence electrons. The Morgan fingerprint density at radius 1 is 1.45 bits per heavy atom. The first-order chi connectivity index (χ1) is 9.72. The van der Waals surface area contributed by atoms with Crippen molar-refractivity contribution < 1.29 is 14.6 Å². The Hall–Kier alpha value is -1.75. The van der Waals surface area contributed by atoms with E-state index in [2.05, 4.69) is 5.32 Å². The van der Waals surface area contributed by atoms with Gasteiger partial charge in [0.15, 0.2) is 0 Å². The van der Waals surface area contributed by atoms with Gasteiger partial charge in [0.1, 0.15) is 11.9 Å². The van der Waals surface area contributed by atoms with E-state index in [9.17, 15) is 9.90 Å². The van der Waals surface area contributed by atoms with Crippen LogP contribution >= 0.6 is 0 Å². The lowest BCUT2D eigenvalue weighted by Crippen LogP contribution is -2.38. The Morgan fingerprint density at radius 2 is 2.35 bits per heavy atom. The summed E-state index contributed by atoms with van der Waals surface area (Å²) in [7, 11) is 0. The first kappa shape index (κ1) is 13.2. The van der Waals surface area contributed by atoms with Gasteiger partial charge in [-0.3, -0.25) is 0 Å². The first-order valence-electron chi connectivity index (χ1n) is 7.16. The van der Waals surface area contributed by atoms with Crippen LogP contribution in [0.25, 0.3) is 0 Å². The summed E-state index contributed by atoms with van der Waals surface area (Å²) in [5.74, 6) is 0.643. The fraction of sp³-hybridized carbons (Fsp3) is 0.533. The average molecular weight is 276 g/mol. The predicted molar refractivity (Wildman–Crippen MR) is 74.4 cm³/mol. The number of piperidine rings is 1. The van der Waals surface area contributed by atoms with Gasteiger partial charge in [-0.1, -0.05) is 12.1 Å². The van der Waals surface area contributed by atoms with Gasteiger partial charge in [-0.25, -0.2) is 4.79 Å². The summed E-state index contributed by atoms with van der Waals surface area (Å²) in [6.07, 6.45) is 2.01.